The highest BCUT2D eigenvalue weighted by molar-refractivity contribution is 5.76. The Labute approximate surface area is 179 Å². The third-order valence-electron chi connectivity index (χ3n) is 4.88. The lowest BCUT2D eigenvalue weighted by Crippen LogP contribution is -2.47. The van der Waals surface area contributed by atoms with Crippen molar-refractivity contribution in [1.29, 1.82) is 0 Å². The van der Waals surface area contributed by atoms with Crippen molar-refractivity contribution in [3.63, 3.8) is 0 Å². The average molecular weight is 421 g/mol. The maximum Gasteiger partial charge on any atom is 0.220 e. The summed E-state index contributed by atoms with van der Waals surface area (Å²) in [6, 6.07) is 4.90. The molecule has 0 bridgehead atoms. The van der Waals surface area contributed by atoms with Crippen LogP contribution >= 0.6 is 0 Å². The van der Waals surface area contributed by atoms with Crippen LogP contribution in [0.1, 0.15) is 64.5 Å². The summed E-state index contributed by atoms with van der Waals surface area (Å²) in [5.41, 5.74) is 0.767. The Kier molecular flexibility index (Phi) is 9.59. The van der Waals surface area contributed by atoms with E-state index in [-0.39, 0.29) is 11.3 Å². The highest BCUT2D eigenvalue weighted by Gasteiger charge is 2.25. The van der Waals surface area contributed by atoms with Crippen LogP contribution in [-0.2, 0) is 9.59 Å². The van der Waals surface area contributed by atoms with Crippen LogP contribution < -0.4 is 20.1 Å². The van der Waals surface area contributed by atoms with Gasteiger partial charge in [0, 0.05) is 25.9 Å². The number of rotatable bonds is 12. The first-order valence-corrected chi connectivity index (χ1v) is 10.8. The molecule has 7 nitrogen and oxygen atoms in total. The quantitative estimate of drug-likeness (QED) is 0.355. The van der Waals surface area contributed by atoms with Crippen molar-refractivity contribution in [3.05, 3.63) is 23.8 Å². The molecule has 1 aromatic rings. The summed E-state index contributed by atoms with van der Waals surface area (Å²) in [7, 11) is 0. The molecule has 168 valence electrons. The lowest BCUT2D eigenvalue weighted by Gasteiger charge is -2.28. The number of carbonyl (C=O) groups excluding carboxylic acids is 2. The van der Waals surface area contributed by atoms with Gasteiger partial charge in [0.05, 0.1) is 6.04 Å². The molecule has 0 fully saturated rings. The topological polar surface area (TPSA) is 96.9 Å². The molecule has 1 heterocycles. The maximum atomic E-state index is 12.5. The van der Waals surface area contributed by atoms with Gasteiger partial charge >= 0.3 is 0 Å². The van der Waals surface area contributed by atoms with Crippen LogP contribution in [0.25, 0.3) is 0 Å². The summed E-state index contributed by atoms with van der Waals surface area (Å²) in [4.78, 5) is 22.8. The molecule has 3 N–H and O–H groups in total. The predicted octanol–water partition coefficient (Wildman–Crippen LogP) is 2.76. The lowest BCUT2D eigenvalue weighted by molar-refractivity contribution is -0.122. The molecule has 7 heteroatoms. The summed E-state index contributed by atoms with van der Waals surface area (Å²) >= 11 is 0. The first kappa shape index (κ1) is 24.2. The van der Waals surface area contributed by atoms with Crippen LogP contribution in [0.3, 0.4) is 0 Å². The van der Waals surface area contributed by atoms with Crippen LogP contribution in [0.2, 0.25) is 0 Å². The molecular weight excluding hydrogens is 384 g/mol. The third-order valence-corrected chi connectivity index (χ3v) is 4.88. The molecule has 2 rings (SSSR count). The molecule has 1 aliphatic heterocycles. The number of hydrogen-bond donors (Lipinski definition) is 3. The average Bonchev–Trinajstić information content (AvgIpc) is 2.71. The Morgan fingerprint density at radius 3 is 2.60 bits per heavy atom. The highest BCUT2D eigenvalue weighted by Crippen LogP contribution is 2.33. The van der Waals surface area contributed by atoms with Crippen molar-refractivity contribution in [2.45, 2.75) is 65.0 Å². The molecule has 0 radical (unpaired) electrons. The smallest absolute Gasteiger partial charge is 0.220 e. The molecular formula is C23H36N2O5. The van der Waals surface area contributed by atoms with E-state index in [4.69, 9.17) is 9.47 Å². The van der Waals surface area contributed by atoms with E-state index in [1.807, 2.05) is 0 Å². The Bertz CT molecular complexity index is 687. The molecule has 1 aliphatic rings. The van der Waals surface area contributed by atoms with Gasteiger partial charge in [-0.3, -0.25) is 4.79 Å². The second kappa shape index (κ2) is 11.9. The Morgan fingerprint density at radius 2 is 1.90 bits per heavy atom. The predicted molar refractivity (Wildman–Crippen MR) is 116 cm³/mol. The van der Waals surface area contributed by atoms with Crippen molar-refractivity contribution in [2.24, 2.45) is 5.41 Å². The molecule has 0 aliphatic carbocycles. The zero-order chi connectivity index (χ0) is 22.0. The monoisotopic (exact) mass is 420 g/mol. The number of fused-ring (bicyclic) bond motifs is 1. The van der Waals surface area contributed by atoms with E-state index >= 15 is 0 Å². The molecule has 30 heavy (non-hydrogen) atoms. The van der Waals surface area contributed by atoms with Crippen LogP contribution in [0.5, 0.6) is 11.5 Å². The number of hydrogen-bond acceptors (Lipinski definition) is 6. The highest BCUT2D eigenvalue weighted by atomic mass is 16.6. The normalized spacial score (nSPS) is 15.3. The lowest BCUT2D eigenvalue weighted by atomic mass is 9.96. The molecule has 2 unspecified atom stereocenters. The number of benzene rings is 1. The third kappa shape index (κ3) is 8.32. The van der Waals surface area contributed by atoms with Gasteiger partial charge in [0.1, 0.15) is 25.6 Å². The molecule has 1 amide bonds. The van der Waals surface area contributed by atoms with Gasteiger partial charge in [-0.05, 0) is 36.0 Å². The van der Waals surface area contributed by atoms with E-state index in [1.54, 1.807) is 18.2 Å². The van der Waals surface area contributed by atoms with Gasteiger partial charge < -0.3 is 30.0 Å². The van der Waals surface area contributed by atoms with E-state index in [0.29, 0.717) is 49.7 Å². The van der Waals surface area contributed by atoms with Gasteiger partial charge in [-0.25, -0.2) is 0 Å². The number of amides is 1. The van der Waals surface area contributed by atoms with E-state index in [1.165, 1.54) is 0 Å². The fraction of sp³-hybridized carbons (Fsp3) is 0.652. The summed E-state index contributed by atoms with van der Waals surface area (Å²) in [5.74, 6) is 1.18. The fourth-order valence-corrected chi connectivity index (χ4v) is 3.29. The second-order valence-electron chi connectivity index (χ2n) is 8.98. The van der Waals surface area contributed by atoms with Crippen LogP contribution in [0, 0.1) is 5.41 Å². The minimum atomic E-state index is -0.882. The van der Waals surface area contributed by atoms with Gasteiger partial charge in [0.2, 0.25) is 5.91 Å². The molecule has 1 aromatic carbocycles. The van der Waals surface area contributed by atoms with Gasteiger partial charge in [0.25, 0.3) is 0 Å². The summed E-state index contributed by atoms with van der Waals surface area (Å²) in [6.07, 6.45) is 3.29. The number of ether oxygens (including phenoxy) is 2. The number of aliphatic hydroxyl groups excluding tert-OH is 1. The van der Waals surface area contributed by atoms with Crippen LogP contribution in [-0.4, -0.2) is 49.6 Å². The SMILES string of the molecule is CC(C)(C)CNCC(NC(=O)CCCCCC=O)C(O)c1ccc2c(c1)OCCO2. The number of unbranched alkanes of at least 4 members (excludes halogenated alkanes) is 3. The van der Waals surface area contributed by atoms with E-state index in [2.05, 4.69) is 31.4 Å². The minimum Gasteiger partial charge on any atom is -0.486 e. The molecule has 0 saturated heterocycles. The van der Waals surface area contributed by atoms with Crippen LogP contribution in [0.4, 0.5) is 0 Å². The van der Waals surface area contributed by atoms with Gasteiger partial charge in [-0.1, -0.05) is 33.3 Å². The number of aliphatic hydroxyl groups is 1. The van der Waals surface area contributed by atoms with E-state index < -0.39 is 12.1 Å². The van der Waals surface area contributed by atoms with Crippen molar-refractivity contribution in [1.82, 2.24) is 10.6 Å². The first-order chi connectivity index (χ1) is 14.3. The van der Waals surface area contributed by atoms with Crippen LogP contribution in [0.15, 0.2) is 18.2 Å². The largest absolute Gasteiger partial charge is 0.486 e. The minimum absolute atomic E-state index is 0.0924. The van der Waals surface area contributed by atoms with Crippen molar-refractivity contribution >= 4 is 12.2 Å². The van der Waals surface area contributed by atoms with Gasteiger partial charge in [0.15, 0.2) is 11.5 Å². The second-order valence-corrected chi connectivity index (χ2v) is 8.98. The summed E-state index contributed by atoms with van der Waals surface area (Å²) in [6.45, 7) is 8.59. The van der Waals surface area contributed by atoms with E-state index in [9.17, 15) is 14.7 Å². The van der Waals surface area contributed by atoms with E-state index in [0.717, 1.165) is 32.1 Å². The number of carbonyl (C=O) groups is 2. The van der Waals surface area contributed by atoms with Gasteiger partial charge in [-0.2, -0.15) is 0 Å². The maximum absolute atomic E-state index is 12.5. The van der Waals surface area contributed by atoms with Crippen molar-refractivity contribution in [3.8, 4) is 11.5 Å². The summed E-state index contributed by atoms with van der Waals surface area (Å²) in [5, 5.41) is 17.3. The Balaban J connectivity index is 2.00. The number of aldehydes is 1. The zero-order valence-electron chi connectivity index (χ0n) is 18.4. The fourth-order valence-electron chi connectivity index (χ4n) is 3.29. The molecule has 2 atom stereocenters. The standard InChI is InChI=1S/C23H36N2O5/c1-23(2,3)16-24-15-18(25-21(27)8-6-4-5-7-11-26)22(28)17-9-10-19-20(14-17)30-13-12-29-19/h9-11,14,18,22,24,28H,4-8,12-13,15-16H2,1-3H3,(H,25,27). The molecule has 0 aromatic heterocycles. The Morgan fingerprint density at radius 1 is 1.17 bits per heavy atom. The van der Waals surface area contributed by atoms with Crippen molar-refractivity contribution < 1.29 is 24.2 Å². The van der Waals surface area contributed by atoms with Gasteiger partial charge in [-0.15, -0.1) is 0 Å². The number of nitrogens with one attached hydrogen (secondary N) is 2. The Hall–Kier alpha value is -2.12. The molecule has 0 spiro atoms. The molecule has 0 saturated carbocycles. The van der Waals surface area contributed by atoms with Crippen molar-refractivity contribution in [2.75, 3.05) is 26.3 Å². The zero-order valence-corrected chi connectivity index (χ0v) is 18.4. The first-order valence-electron chi connectivity index (χ1n) is 10.8. The summed E-state index contributed by atoms with van der Waals surface area (Å²) < 4.78 is 11.2.